The number of rotatable bonds is 1. The van der Waals surface area contributed by atoms with E-state index in [4.69, 9.17) is 0 Å². The molecule has 0 saturated heterocycles. The Bertz CT molecular complexity index is 433. The SMILES string of the molecule is CC(=O)c1[nH]nc2ncccc12. The molecule has 2 aromatic heterocycles. The largest absolute Gasteiger partial charge is 0.293 e. The van der Waals surface area contributed by atoms with Gasteiger partial charge in [0.25, 0.3) is 0 Å². The Hall–Kier alpha value is -1.71. The molecule has 2 aromatic rings. The predicted molar refractivity (Wildman–Crippen MR) is 43.9 cm³/mol. The van der Waals surface area contributed by atoms with Gasteiger partial charge in [-0.15, -0.1) is 0 Å². The smallest absolute Gasteiger partial charge is 0.181 e. The third kappa shape index (κ3) is 0.887. The molecule has 1 N–H and O–H groups in total. The second kappa shape index (κ2) is 2.41. The molecule has 12 heavy (non-hydrogen) atoms. The molecular formula is C8H7N3O. The van der Waals surface area contributed by atoms with Gasteiger partial charge >= 0.3 is 0 Å². The van der Waals surface area contributed by atoms with Gasteiger partial charge in [0.15, 0.2) is 11.4 Å². The third-order valence-electron chi connectivity index (χ3n) is 1.68. The highest BCUT2D eigenvalue weighted by atomic mass is 16.1. The summed E-state index contributed by atoms with van der Waals surface area (Å²) in [7, 11) is 0. The van der Waals surface area contributed by atoms with Crippen LogP contribution in [0.2, 0.25) is 0 Å². The summed E-state index contributed by atoms with van der Waals surface area (Å²) in [6.07, 6.45) is 1.65. The van der Waals surface area contributed by atoms with E-state index in [0.29, 0.717) is 11.3 Å². The van der Waals surface area contributed by atoms with Crippen LogP contribution in [0.4, 0.5) is 0 Å². The van der Waals surface area contributed by atoms with Crippen LogP contribution in [0.25, 0.3) is 11.0 Å². The number of nitrogens with zero attached hydrogens (tertiary/aromatic N) is 2. The van der Waals surface area contributed by atoms with E-state index in [1.54, 1.807) is 12.3 Å². The van der Waals surface area contributed by atoms with Crippen LogP contribution in [0.3, 0.4) is 0 Å². The van der Waals surface area contributed by atoms with Crippen molar-refractivity contribution in [3.8, 4) is 0 Å². The molecule has 0 amide bonds. The lowest BCUT2D eigenvalue weighted by atomic mass is 10.2. The molecule has 4 nitrogen and oxygen atoms in total. The van der Waals surface area contributed by atoms with Gasteiger partial charge in [0.2, 0.25) is 0 Å². The average molecular weight is 161 g/mol. The Morgan fingerprint density at radius 3 is 3.17 bits per heavy atom. The lowest BCUT2D eigenvalue weighted by Crippen LogP contribution is -1.92. The van der Waals surface area contributed by atoms with Crippen molar-refractivity contribution < 1.29 is 4.79 Å². The molecule has 60 valence electrons. The van der Waals surface area contributed by atoms with Crippen molar-refractivity contribution in [2.45, 2.75) is 6.92 Å². The second-order valence-corrected chi connectivity index (χ2v) is 2.53. The molecule has 0 unspecified atom stereocenters. The number of hydrogen-bond acceptors (Lipinski definition) is 3. The summed E-state index contributed by atoms with van der Waals surface area (Å²) >= 11 is 0. The summed E-state index contributed by atoms with van der Waals surface area (Å²) in [5, 5.41) is 7.32. The van der Waals surface area contributed by atoms with Gasteiger partial charge in [0, 0.05) is 18.5 Å². The minimum absolute atomic E-state index is 0.0227. The fourth-order valence-electron chi connectivity index (χ4n) is 1.12. The van der Waals surface area contributed by atoms with E-state index in [1.165, 1.54) is 6.92 Å². The van der Waals surface area contributed by atoms with E-state index >= 15 is 0 Å². The van der Waals surface area contributed by atoms with Crippen molar-refractivity contribution >= 4 is 16.8 Å². The Labute approximate surface area is 68.6 Å². The molecule has 0 aliphatic heterocycles. The Balaban J connectivity index is 2.79. The lowest BCUT2D eigenvalue weighted by Gasteiger charge is -1.88. The van der Waals surface area contributed by atoms with E-state index in [-0.39, 0.29) is 5.78 Å². The normalized spacial score (nSPS) is 10.4. The van der Waals surface area contributed by atoms with Crippen LogP contribution in [0.5, 0.6) is 0 Å². The minimum Gasteiger partial charge on any atom is -0.293 e. The molecule has 2 heterocycles. The average Bonchev–Trinajstić information content (AvgIpc) is 2.47. The Morgan fingerprint density at radius 1 is 1.58 bits per heavy atom. The van der Waals surface area contributed by atoms with Crippen LogP contribution in [0, 0.1) is 0 Å². The first-order chi connectivity index (χ1) is 5.79. The van der Waals surface area contributed by atoms with Crippen molar-refractivity contribution in [3.63, 3.8) is 0 Å². The van der Waals surface area contributed by atoms with Gasteiger partial charge < -0.3 is 0 Å². The zero-order chi connectivity index (χ0) is 8.55. The maximum absolute atomic E-state index is 11.0. The number of H-pyrrole nitrogens is 1. The maximum atomic E-state index is 11.0. The molecule has 0 aromatic carbocycles. The fraction of sp³-hybridized carbons (Fsp3) is 0.125. The first-order valence-corrected chi connectivity index (χ1v) is 3.59. The van der Waals surface area contributed by atoms with E-state index < -0.39 is 0 Å². The molecule has 0 bridgehead atoms. The molecule has 0 spiro atoms. The molecule has 2 rings (SSSR count). The molecule has 0 atom stereocenters. The van der Waals surface area contributed by atoms with Crippen molar-refractivity contribution in [1.29, 1.82) is 0 Å². The zero-order valence-electron chi connectivity index (χ0n) is 6.53. The molecule has 0 radical (unpaired) electrons. The van der Waals surface area contributed by atoms with Crippen LogP contribution in [0.15, 0.2) is 18.3 Å². The second-order valence-electron chi connectivity index (χ2n) is 2.53. The van der Waals surface area contributed by atoms with E-state index in [0.717, 1.165) is 5.39 Å². The van der Waals surface area contributed by atoms with Gasteiger partial charge in [-0.05, 0) is 12.1 Å². The number of fused-ring (bicyclic) bond motifs is 1. The quantitative estimate of drug-likeness (QED) is 0.638. The molecule has 0 fully saturated rings. The highest BCUT2D eigenvalue weighted by Gasteiger charge is 2.08. The van der Waals surface area contributed by atoms with E-state index in [1.807, 2.05) is 6.07 Å². The Kier molecular flexibility index (Phi) is 1.40. The van der Waals surface area contributed by atoms with Crippen molar-refractivity contribution in [2.24, 2.45) is 0 Å². The number of nitrogens with one attached hydrogen (secondary N) is 1. The summed E-state index contributed by atoms with van der Waals surface area (Å²) < 4.78 is 0. The molecule has 4 heteroatoms. The van der Waals surface area contributed by atoms with Gasteiger partial charge in [-0.1, -0.05) is 0 Å². The van der Waals surface area contributed by atoms with Crippen molar-refractivity contribution in [2.75, 3.05) is 0 Å². The maximum Gasteiger partial charge on any atom is 0.181 e. The molecule has 0 aliphatic rings. The lowest BCUT2D eigenvalue weighted by molar-refractivity contribution is 0.101. The van der Waals surface area contributed by atoms with Crippen LogP contribution < -0.4 is 0 Å². The van der Waals surface area contributed by atoms with E-state index in [9.17, 15) is 4.79 Å². The summed E-state index contributed by atoms with van der Waals surface area (Å²) in [5.74, 6) is -0.0227. The first-order valence-electron chi connectivity index (χ1n) is 3.59. The highest BCUT2D eigenvalue weighted by Crippen LogP contribution is 2.12. The summed E-state index contributed by atoms with van der Waals surface area (Å²) in [4.78, 5) is 15.0. The molecular weight excluding hydrogens is 154 g/mol. The third-order valence-corrected chi connectivity index (χ3v) is 1.68. The fourth-order valence-corrected chi connectivity index (χ4v) is 1.12. The number of carbonyl (C=O) groups is 1. The summed E-state index contributed by atoms with van der Waals surface area (Å²) in [6, 6.07) is 3.60. The van der Waals surface area contributed by atoms with Gasteiger partial charge in [0.1, 0.15) is 5.69 Å². The van der Waals surface area contributed by atoms with E-state index in [2.05, 4.69) is 15.2 Å². The summed E-state index contributed by atoms with van der Waals surface area (Å²) in [6.45, 7) is 1.50. The number of hydrogen-bond donors (Lipinski definition) is 1. The molecule has 0 saturated carbocycles. The number of Topliss-reactive ketones (excluding diaryl/α,β-unsaturated/α-hetero) is 1. The van der Waals surface area contributed by atoms with Crippen molar-refractivity contribution in [1.82, 2.24) is 15.2 Å². The van der Waals surface area contributed by atoms with Crippen LogP contribution in [-0.2, 0) is 0 Å². The number of aromatic amines is 1. The summed E-state index contributed by atoms with van der Waals surface area (Å²) in [5.41, 5.74) is 1.11. The number of ketones is 1. The van der Waals surface area contributed by atoms with Gasteiger partial charge in [0.05, 0.1) is 0 Å². The van der Waals surface area contributed by atoms with Gasteiger partial charge in [-0.25, -0.2) is 4.98 Å². The number of aromatic nitrogens is 3. The zero-order valence-corrected chi connectivity index (χ0v) is 6.53. The standard InChI is InChI=1S/C8H7N3O/c1-5(12)7-6-3-2-4-9-8(6)11-10-7/h2-4H,1H3,(H,9,10,11). The van der Waals surface area contributed by atoms with Crippen LogP contribution in [0.1, 0.15) is 17.4 Å². The predicted octanol–water partition coefficient (Wildman–Crippen LogP) is 1.16. The Morgan fingerprint density at radius 2 is 2.42 bits per heavy atom. The topological polar surface area (TPSA) is 58.6 Å². The van der Waals surface area contributed by atoms with Crippen molar-refractivity contribution in [3.05, 3.63) is 24.0 Å². The van der Waals surface area contributed by atoms with Crippen LogP contribution >= 0.6 is 0 Å². The highest BCUT2D eigenvalue weighted by molar-refractivity contribution is 6.03. The monoisotopic (exact) mass is 161 g/mol. The number of carbonyl (C=O) groups excluding carboxylic acids is 1. The minimum atomic E-state index is -0.0227. The van der Waals surface area contributed by atoms with Gasteiger partial charge in [-0.3, -0.25) is 9.89 Å². The first kappa shape index (κ1) is 6.97. The van der Waals surface area contributed by atoms with Gasteiger partial charge in [-0.2, -0.15) is 5.10 Å². The number of pyridine rings is 1. The van der Waals surface area contributed by atoms with Crippen LogP contribution in [-0.4, -0.2) is 21.0 Å². The molecule has 0 aliphatic carbocycles.